The van der Waals surface area contributed by atoms with Gasteiger partial charge < -0.3 is 10.2 Å². The van der Waals surface area contributed by atoms with Crippen LogP contribution in [0.2, 0.25) is 0 Å². The highest BCUT2D eigenvalue weighted by Gasteiger charge is 2.25. The highest BCUT2D eigenvalue weighted by atomic mass is 127. The zero-order valence-corrected chi connectivity index (χ0v) is 12.6. The van der Waals surface area contributed by atoms with E-state index in [-0.39, 0.29) is 17.6 Å². The summed E-state index contributed by atoms with van der Waals surface area (Å²) in [6, 6.07) is 4.52. The van der Waals surface area contributed by atoms with Crippen molar-refractivity contribution in [2.45, 2.75) is 12.5 Å². The van der Waals surface area contributed by atoms with Gasteiger partial charge in [0.2, 0.25) is 0 Å². The van der Waals surface area contributed by atoms with E-state index < -0.39 is 4.92 Å². The maximum absolute atomic E-state index is 12.4. The zero-order valence-electron chi connectivity index (χ0n) is 10.4. The molecule has 0 aliphatic carbocycles. The summed E-state index contributed by atoms with van der Waals surface area (Å²) < 4.78 is 0.606. The Labute approximate surface area is 124 Å². The first kappa shape index (κ1) is 14.2. The summed E-state index contributed by atoms with van der Waals surface area (Å²) in [6.45, 7) is 1.71. The van der Waals surface area contributed by atoms with Gasteiger partial charge in [0.25, 0.3) is 11.6 Å². The molecule has 1 fully saturated rings. The number of likely N-dealkylation sites (N-methyl/N-ethyl adjacent to an activating group) is 1. The molecule has 1 aromatic carbocycles. The first-order chi connectivity index (χ1) is 9.00. The van der Waals surface area contributed by atoms with Crippen LogP contribution in [0.1, 0.15) is 16.8 Å². The summed E-state index contributed by atoms with van der Waals surface area (Å²) in [5.41, 5.74) is 0.520. The number of nitro benzene ring substituents is 1. The molecule has 102 valence electrons. The third-order valence-corrected chi connectivity index (χ3v) is 4.19. The van der Waals surface area contributed by atoms with Crippen LogP contribution in [0.15, 0.2) is 18.2 Å². The van der Waals surface area contributed by atoms with Crippen molar-refractivity contribution in [3.63, 3.8) is 0 Å². The molecule has 1 aliphatic rings. The van der Waals surface area contributed by atoms with Crippen LogP contribution in [0.3, 0.4) is 0 Å². The van der Waals surface area contributed by atoms with Crippen LogP contribution < -0.4 is 5.32 Å². The van der Waals surface area contributed by atoms with Crippen molar-refractivity contribution >= 4 is 34.2 Å². The van der Waals surface area contributed by atoms with Gasteiger partial charge in [0.1, 0.15) is 0 Å². The molecule has 2 rings (SSSR count). The van der Waals surface area contributed by atoms with E-state index in [2.05, 4.69) is 5.32 Å². The molecule has 1 aliphatic heterocycles. The van der Waals surface area contributed by atoms with Crippen LogP contribution >= 0.6 is 22.6 Å². The smallest absolute Gasteiger partial charge is 0.270 e. The maximum atomic E-state index is 12.4. The van der Waals surface area contributed by atoms with Gasteiger partial charge in [-0.1, -0.05) is 0 Å². The fraction of sp³-hybridized carbons (Fsp3) is 0.417. The molecule has 0 bridgehead atoms. The fourth-order valence-electron chi connectivity index (χ4n) is 2.12. The van der Waals surface area contributed by atoms with Crippen molar-refractivity contribution in [1.29, 1.82) is 0 Å². The van der Waals surface area contributed by atoms with Crippen molar-refractivity contribution in [2.75, 3.05) is 20.1 Å². The second kappa shape index (κ2) is 5.83. The molecule has 1 amide bonds. The SMILES string of the molecule is CN(C(=O)c1ccc([N+](=O)[O-])cc1I)C1CCNC1. The molecule has 1 N–H and O–H groups in total. The van der Waals surface area contributed by atoms with Gasteiger partial charge in [-0.05, 0) is 41.6 Å². The topological polar surface area (TPSA) is 75.5 Å². The molecule has 6 nitrogen and oxygen atoms in total. The van der Waals surface area contributed by atoms with Crippen molar-refractivity contribution in [3.8, 4) is 0 Å². The predicted molar refractivity (Wildman–Crippen MR) is 79.2 cm³/mol. The summed E-state index contributed by atoms with van der Waals surface area (Å²) in [6.07, 6.45) is 0.936. The van der Waals surface area contributed by atoms with E-state index in [0.717, 1.165) is 19.5 Å². The second-order valence-corrected chi connectivity index (χ2v) is 5.65. The molecule has 1 aromatic rings. The number of nitro groups is 1. The van der Waals surface area contributed by atoms with E-state index in [0.29, 0.717) is 9.13 Å². The van der Waals surface area contributed by atoms with Gasteiger partial charge in [0, 0.05) is 35.3 Å². The number of amides is 1. The molecule has 1 saturated heterocycles. The van der Waals surface area contributed by atoms with Gasteiger partial charge in [-0.25, -0.2) is 0 Å². The Bertz CT molecular complexity index is 515. The summed E-state index contributed by atoms with van der Waals surface area (Å²) in [4.78, 5) is 24.3. The van der Waals surface area contributed by atoms with Crippen molar-refractivity contribution in [2.24, 2.45) is 0 Å². The Balaban J connectivity index is 2.21. The van der Waals surface area contributed by atoms with Crippen LogP contribution in [0, 0.1) is 13.7 Å². The molecule has 1 unspecified atom stereocenters. The Morgan fingerprint density at radius 2 is 2.32 bits per heavy atom. The third-order valence-electron chi connectivity index (χ3n) is 3.30. The Kier molecular flexibility index (Phi) is 4.35. The number of nitrogens with zero attached hydrogens (tertiary/aromatic N) is 2. The van der Waals surface area contributed by atoms with Gasteiger partial charge in [0.15, 0.2) is 0 Å². The number of halogens is 1. The van der Waals surface area contributed by atoms with Crippen LogP contribution in [0.5, 0.6) is 0 Å². The normalized spacial score (nSPS) is 18.3. The minimum atomic E-state index is -0.457. The number of hydrogen-bond donors (Lipinski definition) is 1. The average molecular weight is 375 g/mol. The second-order valence-electron chi connectivity index (χ2n) is 4.48. The van der Waals surface area contributed by atoms with Gasteiger partial charge in [-0.3, -0.25) is 14.9 Å². The first-order valence-electron chi connectivity index (χ1n) is 5.92. The number of non-ortho nitro benzene ring substituents is 1. The number of carbonyl (C=O) groups excluding carboxylic acids is 1. The maximum Gasteiger partial charge on any atom is 0.270 e. The predicted octanol–water partition coefficient (Wildman–Crippen LogP) is 1.63. The molecular weight excluding hydrogens is 361 g/mol. The Morgan fingerprint density at radius 1 is 1.58 bits per heavy atom. The molecule has 0 spiro atoms. The lowest BCUT2D eigenvalue weighted by molar-refractivity contribution is -0.384. The van der Waals surface area contributed by atoms with Crippen molar-refractivity contribution in [1.82, 2.24) is 10.2 Å². The number of hydrogen-bond acceptors (Lipinski definition) is 4. The van der Waals surface area contributed by atoms with Gasteiger partial charge in [-0.15, -0.1) is 0 Å². The molecule has 7 heteroatoms. The third kappa shape index (κ3) is 3.03. The molecule has 0 aromatic heterocycles. The Hall–Kier alpha value is -1.22. The first-order valence-corrected chi connectivity index (χ1v) is 7.00. The summed E-state index contributed by atoms with van der Waals surface area (Å²) >= 11 is 1.96. The molecule has 1 atom stereocenters. The van der Waals surface area contributed by atoms with Crippen molar-refractivity contribution in [3.05, 3.63) is 37.4 Å². The molecule has 0 radical (unpaired) electrons. The minimum Gasteiger partial charge on any atom is -0.337 e. The summed E-state index contributed by atoms with van der Waals surface area (Å²) in [7, 11) is 1.78. The highest BCUT2D eigenvalue weighted by Crippen LogP contribution is 2.22. The monoisotopic (exact) mass is 375 g/mol. The van der Waals surface area contributed by atoms with E-state index in [1.807, 2.05) is 22.6 Å². The van der Waals surface area contributed by atoms with Gasteiger partial charge >= 0.3 is 0 Å². The fourth-order valence-corrected chi connectivity index (χ4v) is 2.85. The minimum absolute atomic E-state index is 0.00568. The number of rotatable bonds is 3. The molecule has 19 heavy (non-hydrogen) atoms. The number of nitrogens with one attached hydrogen (secondary N) is 1. The number of benzene rings is 1. The zero-order chi connectivity index (χ0) is 14.0. The van der Waals surface area contributed by atoms with Gasteiger partial charge in [0.05, 0.1) is 10.5 Å². The lowest BCUT2D eigenvalue weighted by atomic mass is 10.1. The van der Waals surface area contributed by atoms with Crippen LogP contribution in [-0.4, -0.2) is 41.9 Å². The van der Waals surface area contributed by atoms with Crippen LogP contribution in [0.4, 0.5) is 5.69 Å². The van der Waals surface area contributed by atoms with Crippen LogP contribution in [-0.2, 0) is 0 Å². The van der Waals surface area contributed by atoms with Crippen molar-refractivity contribution < 1.29 is 9.72 Å². The average Bonchev–Trinajstić information content (AvgIpc) is 2.90. The lowest BCUT2D eigenvalue weighted by Crippen LogP contribution is -2.38. The largest absolute Gasteiger partial charge is 0.337 e. The van der Waals surface area contributed by atoms with E-state index in [9.17, 15) is 14.9 Å². The van der Waals surface area contributed by atoms with Crippen LogP contribution in [0.25, 0.3) is 0 Å². The molecule has 1 heterocycles. The quantitative estimate of drug-likeness (QED) is 0.495. The standard InChI is InChI=1S/C12H14IN3O3/c1-15(9-4-5-14-7-9)12(17)10-3-2-8(16(18)19)6-11(10)13/h2-3,6,9,14H,4-5,7H2,1H3. The summed E-state index contributed by atoms with van der Waals surface area (Å²) in [5, 5.41) is 13.9. The van der Waals surface area contributed by atoms with E-state index in [1.165, 1.54) is 18.2 Å². The summed E-state index contributed by atoms with van der Waals surface area (Å²) in [5.74, 6) is -0.0898. The lowest BCUT2D eigenvalue weighted by Gasteiger charge is -2.24. The molecular formula is C12H14IN3O3. The number of carbonyl (C=O) groups is 1. The van der Waals surface area contributed by atoms with E-state index in [1.54, 1.807) is 11.9 Å². The molecule has 0 saturated carbocycles. The van der Waals surface area contributed by atoms with E-state index >= 15 is 0 Å². The Morgan fingerprint density at radius 3 is 2.84 bits per heavy atom. The highest BCUT2D eigenvalue weighted by molar-refractivity contribution is 14.1. The van der Waals surface area contributed by atoms with E-state index in [4.69, 9.17) is 0 Å². The van der Waals surface area contributed by atoms with Gasteiger partial charge in [-0.2, -0.15) is 0 Å².